The van der Waals surface area contributed by atoms with Crippen molar-refractivity contribution >= 4 is 39.5 Å². The van der Waals surface area contributed by atoms with Gasteiger partial charge in [-0.05, 0) is 46.6 Å². The van der Waals surface area contributed by atoms with Crippen molar-refractivity contribution in [3.8, 4) is 6.07 Å². The molecule has 9 heteroatoms. The van der Waals surface area contributed by atoms with Crippen molar-refractivity contribution in [2.45, 2.75) is 19.4 Å². The molecule has 0 saturated carbocycles. The van der Waals surface area contributed by atoms with E-state index in [1.165, 1.54) is 6.08 Å². The Balaban J connectivity index is 1.64. The standard InChI is InChI=1S/C24H27BrN6O2/c1-17(18-5-3-2-4-6-18)28-24(33)19(16-26)13-20-14-21(15-22(25)29-20)30-23(32)7-10-31-11-8-27-9-12-31/h2-6,13-15,17,27H,7-12H2,1H3,(H,28,33)(H,29,30,32)/b19-13+. The summed E-state index contributed by atoms with van der Waals surface area (Å²) in [6.45, 7) is 6.30. The summed E-state index contributed by atoms with van der Waals surface area (Å²) >= 11 is 3.33. The molecule has 0 spiro atoms. The van der Waals surface area contributed by atoms with Crippen LogP contribution in [-0.2, 0) is 9.59 Å². The van der Waals surface area contributed by atoms with Crippen LogP contribution in [0, 0.1) is 11.3 Å². The highest BCUT2D eigenvalue weighted by Crippen LogP contribution is 2.19. The predicted molar refractivity (Wildman–Crippen MR) is 131 cm³/mol. The quantitative estimate of drug-likeness (QED) is 0.286. The minimum absolute atomic E-state index is 0.0700. The van der Waals surface area contributed by atoms with Crippen LogP contribution in [0.1, 0.15) is 30.6 Å². The van der Waals surface area contributed by atoms with Gasteiger partial charge in [-0.2, -0.15) is 5.26 Å². The van der Waals surface area contributed by atoms with Gasteiger partial charge in [-0.25, -0.2) is 4.98 Å². The fraction of sp³-hybridized carbons (Fsp3) is 0.333. The predicted octanol–water partition coefficient (Wildman–Crippen LogP) is 2.86. The molecule has 2 heterocycles. The van der Waals surface area contributed by atoms with Crippen LogP contribution in [0.4, 0.5) is 5.69 Å². The van der Waals surface area contributed by atoms with E-state index in [0.717, 1.165) is 31.7 Å². The highest BCUT2D eigenvalue weighted by atomic mass is 79.9. The van der Waals surface area contributed by atoms with E-state index in [9.17, 15) is 14.9 Å². The lowest BCUT2D eigenvalue weighted by Gasteiger charge is -2.26. The highest BCUT2D eigenvalue weighted by molar-refractivity contribution is 9.10. The van der Waals surface area contributed by atoms with Gasteiger partial charge in [-0.1, -0.05) is 30.3 Å². The van der Waals surface area contributed by atoms with Gasteiger partial charge in [0.2, 0.25) is 5.91 Å². The zero-order valence-corrected chi connectivity index (χ0v) is 20.1. The zero-order valence-electron chi connectivity index (χ0n) is 18.5. The van der Waals surface area contributed by atoms with E-state index in [1.54, 1.807) is 12.1 Å². The monoisotopic (exact) mass is 510 g/mol. The molecule has 1 aliphatic rings. The van der Waals surface area contributed by atoms with Crippen molar-refractivity contribution in [1.82, 2.24) is 20.5 Å². The second-order valence-corrected chi connectivity index (χ2v) is 8.58. The lowest BCUT2D eigenvalue weighted by molar-refractivity contribution is -0.118. The Morgan fingerprint density at radius 2 is 2.00 bits per heavy atom. The third-order valence-corrected chi connectivity index (χ3v) is 5.67. The fourth-order valence-corrected chi connectivity index (χ4v) is 3.93. The maximum Gasteiger partial charge on any atom is 0.262 e. The number of carbonyl (C=O) groups excluding carboxylic acids is 2. The van der Waals surface area contributed by atoms with Crippen molar-refractivity contribution in [2.24, 2.45) is 0 Å². The van der Waals surface area contributed by atoms with Crippen LogP contribution in [0.15, 0.2) is 52.6 Å². The summed E-state index contributed by atoms with van der Waals surface area (Å²) in [7, 11) is 0. The van der Waals surface area contributed by atoms with Crippen molar-refractivity contribution in [3.05, 3.63) is 63.9 Å². The fourth-order valence-electron chi connectivity index (χ4n) is 3.48. The summed E-state index contributed by atoms with van der Waals surface area (Å²) in [6.07, 6.45) is 1.79. The highest BCUT2D eigenvalue weighted by Gasteiger charge is 2.15. The number of pyridine rings is 1. The van der Waals surface area contributed by atoms with Crippen LogP contribution in [0.5, 0.6) is 0 Å². The Kier molecular flexibility index (Phi) is 9.13. The molecule has 0 aliphatic carbocycles. The summed E-state index contributed by atoms with van der Waals surface area (Å²) in [5, 5.41) is 18.5. The first-order valence-corrected chi connectivity index (χ1v) is 11.6. The van der Waals surface area contributed by atoms with Gasteiger partial charge < -0.3 is 20.9 Å². The molecule has 1 saturated heterocycles. The van der Waals surface area contributed by atoms with Crippen LogP contribution in [-0.4, -0.2) is 54.4 Å². The summed E-state index contributed by atoms with van der Waals surface area (Å²) in [6, 6.07) is 14.5. The molecule has 1 aromatic carbocycles. The number of carbonyl (C=O) groups is 2. The lowest BCUT2D eigenvalue weighted by atomic mass is 10.1. The second-order valence-electron chi connectivity index (χ2n) is 7.77. The van der Waals surface area contributed by atoms with Gasteiger partial charge in [-0.3, -0.25) is 9.59 Å². The third kappa shape index (κ3) is 7.79. The van der Waals surface area contributed by atoms with Gasteiger partial charge >= 0.3 is 0 Å². The Bertz CT molecular complexity index is 1040. The van der Waals surface area contributed by atoms with E-state index in [-0.39, 0.29) is 17.5 Å². The van der Waals surface area contributed by atoms with Crippen molar-refractivity contribution in [3.63, 3.8) is 0 Å². The van der Waals surface area contributed by atoms with Crippen LogP contribution in [0.2, 0.25) is 0 Å². The molecule has 172 valence electrons. The van der Waals surface area contributed by atoms with Crippen molar-refractivity contribution < 1.29 is 9.59 Å². The van der Waals surface area contributed by atoms with Gasteiger partial charge in [0.25, 0.3) is 5.91 Å². The summed E-state index contributed by atoms with van der Waals surface area (Å²) in [5.74, 6) is -0.589. The van der Waals surface area contributed by atoms with E-state index < -0.39 is 5.91 Å². The van der Waals surface area contributed by atoms with Gasteiger partial charge in [0.15, 0.2) is 0 Å². The van der Waals surface area contributed by atoms with Gasteiger partial charge in [0.1, 0.15) is 16.2 Å². The largest absolute Gasteiger partial charge is 0.345 e. The van der Waals surface area contributed by atoms with Gasteiger partial charge in [-0.15, -0.1) is 0 Å². The van der Waals surface area contributed by atoms with Crippen LogP contribution >= 0.6 is 15.9 Å². The number of piperazine rings is 1. The molecule has 3 N–H and O–H groups in total. The Hall–Kier alpha value is -3.06. The third-order valence-electron chi connectivity index (χ3n) is 5.27. The minimum Gasteiger partial charge on any atom is -0.345 e. The maximum absolute atomic E-state index is 12.6. The van der Waals surface area contributed by atoms with E-state index >= 15 is 0 Å². The summed E-state index contributed by atoms with van der Waals surface area (Å²) in [5.41, 5.74) is 1.80. The normalized spacial score (nSPS) is 15.4. The maximum atomic E-state index is 12.6. The van der Waals surface area contributed by atoms with Gasteiger partial charge in [0.05, 0.1) is 11.7 Å². The minimum atomic E-state index is -0.489. The zero-order chi connectivity index (χ0) is 23.6. The Morgan fingerprint density at radius 1 is 1.27 bits per heavy atom. The molecule has 0 bridgehead atoms. The first kappa shape index (κ1) is 24.6. The topological polar surface area (TPSA) is 110 Å². The Labute approximate surface area is 202 Å². The first-order chi connectivity index (χ1) is 15.9. The number of nitriles is 1. The smallest absolute Gasteiger partial charge is 0.262 e. The van der Waals surface area contributed by atoms with E-state index in [0.29, 0.717) is 29.0 Å². The van der Waals surface area contributed by atoms with E-state index in [4.69, 9.17) is 0 Å². The molecule has 8 nitrogen and oxygen atoms in total. The molecule has 0 radical (unpaired) electrons. The number of benzene rings is 1. The molecule has 1 fully saturated rings. The molecule has 2 amide bonds. The number of aromatic nitrogens is 1. The molecule has 1 aromatic heterocycles. The second kappa shape index (κ2) is 12.3. The van der Waals surface area contributed by atoms with Crippen LogP contribution in [0.25, 0.3) is 6.08 Å². The van der Waals surface area contributed by atoms with Crippen LogP contribution in [0.3, 0.4) is 0 Å². The number of nitrogens with one attached hydrogen (secondary N) is 3. The SMILES string of the molecule is CC(NC(=O)/C(C#N)=C/c1cc(NC(=O)CCN2CCNCC2)cc(Br)n1)c1ccccc1. The van der Waals surface area contributed by atoms with Crippen molar-refractivity contribution in [2.75, 3.05) is 38.0 Å². The number of hydrogen-bond donors (Lipinski definition) is 3. The first-order valence-electron chi connectivity index (χ1n) is 10.8. The molecular formula is C24H27BrN6O2. The average molecular weight is 511 g/mol. The number of rotatable bonds is 8. The number of anilines is 1. The molecule has 2 aromatic rings. The molecule has 1 atom stereocenters. The van der Waals surface area contributed by atoms with E-state index in [1.807, 2.05) is 43.3 Å². The number of nitrogens with zero attached hydrogens (tertiary/aromatic N) is 3. The molecule has 1 aliphatic heterocycles. The lowest BCUT2D eigenvalue weighted by Crippen LogP contribution is -2.44. The molecular weight excluding hydrogens is 484 g/mol. The number of halogens is 1. The summed E-state index contributed by atoms with van der Waals surface area (Å²) in [4.78, 5) is 31.6. The van der Waals surface area contributed by atoms with Gasteiger partial charge in [0, 0.05) is 44.8 Å². The van der Waals surface area contributed by atoms with Crippen LogP contribution < -0.4 is 16.0 Å². The number of amides is 2. The summed E-state index contributed by atoms with van der Waals surface area (Å²) < 4.78 is 0.490. The molecule has 3 rings (SSSR count). The molecule has 1 unspecified atom stereocenters. The number of hydrogen-bond acceptors (Lipinski definition) is 6. The molecule has 33 heavy (non-hydrogen) atoms. The van der Waals surface area contributed by atoms with E-state index in [2.05, 4.69) is 41.8 Å². The average Bonchev–Trinajstić information content (AvgIpc) is 2.82. The Morgan fingerprint density at radius 3 is 2.70 bits per heavy atom. The van der Waals surface area contributed by atoms with Crippen molar-refractivity contribution in [1.29, 1.82) is 5.26 Å².